The van der Waals surface area contributed by atoms with E-state index in [1.165, 1.54) is 31.4 Å². The topological polar surface area (TPSA) is 78.7 Å². The predicted octanol–water partition coefficient (Wildman–Crippen LogP) is 1.95. The summed E-state index contributed by atoms with van der Waals surface area (Å²) >= 11 is 0. The van der Waals surface area contributed by atoms with Crippen LogP contribution in [0.1, 0.15) is 10.4 Å². The fourth-order valence-electron chi connectivity index (χ4n) is 1.23. The van der Waals surface area contributed by atoms with Gasteiger partial charge in [0.25, 0.3) is 0 Å². The third-order valence-corrected chi connectivity index (χ3v) is 1.94. The number of nitro groups is 1. The van der Waals surface area contributed by atoms with E-state index in [2.05, 4.69) is 11.3 Å². The fraction of sp³-hybridized carbons (Fsp3) is 0.182. The van der Waals surface area contributed by atoms with Crippen molar-refractivity contribution in [2.24, 2.45) is 0 Å². The van der Waals surface area contributed by atoms with Crippen molar-refractivity contribution < 1.29 is 19.2 Å². The molecule has 0 saturated carbocycles. The van der Waals surface area contributed by atoms with Crippen LogP contribution in [0.15, 0.2) is 30.9 Å². The Hall–Kier alpha value is -2.37. The van der Waals surface area contributed by atoms with E-state index in [9.17, 15) is 14.9 Å². The number of carbonyl (C=O) groups excluding carboxylic acids is 1. The van der Waals surface area contributed by atoms with Crippen LogP contribution in [0.5, 0.6) is 5.75 Å². The largest absolute Gasteiger partial charge is 0.482 e. The third-order valence-electron chi connectivity index (χ3n) is 1.94. The highest BCUT2D eigenvalue weighted by Gasteiger charge is 2.23. The Bertz CT molecular complexity index is 455. The molecule has 0 fully saturated rings. The minimum absolute atomic E-state index is 0.0172. The number of esters is 1. The maximum atomic E-state index is 11.4. The second-order valence-corrected chi connectivity index (χ2v) is 3.00. The molecule has 0 aliphatic rings. The molecule has 0 bridgehead atoms. The van der Waals surface area contributed by atoms with Crippen LogP contribution < -0.4 is 4.74 Å². The lowest BCUT2D eigenvalue weighted by Gasteiger charge is -2.08. The SMILES string of the molecule is C=CCOc1c(C(=O)OC)cccc1[N+](=O)[O-]. The van der Waals surface area contributed by atoms with E-state index in [4.69, 9.17) is 4.74 Å². The first-order chi connectivity index (χ1) is 8.11. The molecule has 0 radical (unpaired) electrons. The van der Waals surface area contributed by atoms with Crippen molar-refractivity contribution in [3.63, 3.8) is 0 Å². The van der Waals surface area contributed by atoms with Gasteiger partial charge < -0.3 is 9.47 Å². The Kier molecular flexibility index (Phi) is 4.21. The van der Waals surface area contributed by atoms with E-state index in [1.807, 2.05) is 0 Å². The lowest BCUT2D eigenvalue weighted by Crippen LogP contribution is -2.07. The number of nitro benzene ring substituents is 1. The molecule has 0 heterocycles. The molecule has 0 amide bonds. The second-order valence-electron chi connectivity index (χ2n) is 3.00. The molecular formula is C11H11NO5. The van der Waals surface area contributed by atoms with Gasteiger partial charge in [-0.05, 0) is 6.07 Å². The number of methoxy groups -OCH3 is 1. The summed E-state index contributed by atoms with van der Waals surface area (Å²) in [7, 11) is 1.19. The monoisotopic (exact) mass is 237 g/mol. The Labute approximate surface area is 97.6 Å². The first kappa shape index (κ1) is 12.7. The number of carbonyl (C=O) groups is 1. The zero-order valence-electron chi connectivity index (χ0n) is 9.21. The summed E-state index contributed by atoms with van der Waals surface area (Å²) in [5.41, 5.74) is -0.265. The van der Waals surface area contributed by atoms with E-state index in [0.29, 0.717) is 0 Å². The zero-order chi connectivity index (χ0) is 12.8. The van der Waals surface area contributed by atoms with Gasteiger partial charge in [0.2, 0.25) is 5.75 Å². The van der Waals surface area contributed by atoms with Crippen LogP contribution in [0.3, 0.4) is 0 Å². The minimum atomic E-state index is -0.687. The summed E-state index contributed by atoms with van der Waals surface area (Å²) in [6, 6.07) is 4.05. The highest BCUT2D eigenvalue weighted by molar-refractivity contribution is 5.94. The van der Waals surface area contributed by atoms with E-state index in [0.717, 1.165) is 0 Å². The summed E-state index contributed by atoms with van der Waals surface area (Å²) < 4.78 is 9.67. The molecule has 1 rings (SSSR count). The Morgan fingerprint density at radius 3 is 2.82 bits per heavy atom. The standard InChI is InChI=1S/C11H11NO5/c1-3-7-17-10-8(11(13)16-2)5-4-6-9(10)12(14)15/h3-6H,1,7H2,2H3. The van der Waals surface area contributed by atoms with E-state index >= 15 is 0 Å². The molecule has 0 aromatic heterocycles. The molecule has 6 nitrogen and oxygen atoms in total. The maximum absolute atomic E-state index is 11.4. The summed E-state index contributed by atoms with van der Waals surface area (Å²) in [5.74, 6) is -0.794. The van der Waals surface area contributed by atoms with Crippen molar-refractivity contribution in [1.82, 2.24) is 0 Å². The number of benzene rings is 1. The van der Waals surface area contributed by atoms with E-state index in [1.54, 1.807) is 0 Å². The first-order valence-corrected chi connectivity index (χ1v) is 4.71. The van der Waals surface area contributed by atoms with Crippen molar-refractivity contribution in [2.45, 2.75) is 0 Å². The van der Waals surface area contributed by atoms with Gasteiger partial charge in [-0.15, -0.1) is 0 Å². The fourth-order valence-corrected chi connectivity index (χ4v) is 1.23. The van der Waals surface area contributed by atoms with Gasteiger partial charge in [0, 0.05) is 6.07 Å². The molecule has 0 spiro atoms. The molecule has 17 heavy (non-hydrogen) atoms. The molecule has 0 aliphatic carbocycles. The number of hydrogen-bond donors (Lipinski definition) is 0. The van der Waals surface area contributed by atoms with Gasteiger partial charge in [-0.25, -0.2) is 4.79 Å². The van der Waals surface area contributed by atoms with Crippen molar-refractivity contribution in [1.29, 1.82) is 0 Å². The van der Waals surface area contributed by atoms with Crippen LogP contribution in [0.25, 0.3) is 0 Å². The normalized spacial score (nSPS) is 9.47. The zero-order valence-corrected chi connectivity index (χ0v) is 9.21. The number of ether oxygens (including phenoxy) is 2. The molecule has 0 N–H and O–H groups in total. The molecule has 90 valence electrons. The van der Waals surface area contributed by atoms with Gasteiger partial charge in [-0.2, -0.15) is 0 Å². The Morgan fingerprint density at radius 1 is 1.59 bits per heavy atom. The highest BCUT2D eigenvalue weighted by atomic mass is 16.6. The van der Waals surface area contributed by atoms with Crippen molar-refractivity contribution in [3.8, 4) is 5.75 Å². The number of para-hydroxylation sites is 1. The van der Waals surface area contributed by atoms with Crippen LogP contribution in [-0.2, 0) is 4.74 Å². The van der Waals surface area contributed by atoms with Gasteiger partial charge in [-0.1, -0.05) is 18.7 Å². The molecule has 0 atom stereocenters. The molecule has 6 heteroatoms. The Balaban J connectivity index is 3.28. The van der Waals surface area contributed by atoms with Crippen molar-refractivity contribution in [2.75, 3.05) is 13.7 Å². The predicted molar refractivity (Wildman–Crippen MR) is 60.1 cm³/mol. The molecule has 0 saturated heterocycles. The van der Waals surface area contributed by atoms with Crippen molar-refractivity contribution in [3.05, 3.63) is 46.5 Å². The molecule has 1 aromatic rings. The Morgan fingerprint density at radius 2 is 2.29 bits per heavy atom. The highest BCUT2D eigenvalue weighted by Crippen LogP contribution is 2.31. The first-order valence-electron chi connectivity index (χ1n) is 4.71. The third kappa shape index (κ3) is 2.81. The molecule has 0 unspecified atom stereocenters. The van der Waals surface area contributed by atoms with Crippen LogP contribution in [-0.4, -0.2) is 24.6 Å². The molecule has 0 aliphatic heterocycles. The quantitative estimate of drug-likeness (QED) is 0.338. The van der Waals surface area contributed by atoms with Crippen LogP contribution in [0, 0.1) is 10.1 Å². The van der Waals surface area contributed by atoms with Gasteiger partial charge in [0.1, 0.15) is 12.2 Å². The van der Waals surface area contributed by atoms with Crippen molar-refractivity contribution >= 4 is 11.7 Å². The lowest BCUT2D eigenvalue weighted by molar-refractivity contribution is -0.385. The smallest absolute Gasteiger partial charge is 0.341 e. The number of hydrogen-bond acceptors (Lipinski definition) is 5. The summed E-state index contributed by atoms with van der Waals surface area (Å²) in [5, 5.41) is 10.8. The summed E-state index contributed by atoms with van der Waals surface area (Å²) in [6.07, 6.45) is 1.43. The van der Waals surface area contributed by atoms with E-state index < -0.39 is 10.9 Å². The maximum Gasteiger partial charge on any atom is 0.341 e. The molecular weight excluding hydrogens is 226 g/mol. The van der Waals surface area contributed by atoms with Gasteiger partial charge in [0.15, 0.2) is 0 Å². The summed E-state index contributed by atoms with van der Waals surface area (Å²) in [4.78, 5) is 21.6. The summed E-state index contributed by atoms with van der Waals surface area (Å²) in [6.45, 7) is 3.50. The lowest BCUT2D eigenvalue weighted by atomic mass is 10.1. The van der Waals surface area contributed by atoms with Crippen LogP contribution in [0.2, 0.25) is 0 Å². The molecule has 1 aromatic carbocycles. The average Bonchev–Trinajstić information content (AvgIpc) is 2.34. The van der Waals surface area contributed by atoms with Crippen LogP contribution >= 0.6 is 0 Å². The van der Waals surface area contributed by atoms with Crippen LogP contribution in [0.4, 0.5) is 5.69 Å². The number of rotatable bonds is 5. The van der Waals surface area contributed by atoms with Gasteiger partial charge >= 0.3 is 11.7 Å². The average molecular weight is 237 g/mol. The minimum Gasteiger partial charge on any atom is -0.482 e. The van der Waals surface area contributed by atoms with E-state index in [-0.39, 0.29) is 23.6 Å². The number of nitrogens with zero attached hydrogens (tertiary/aromatic N) is 1. The van der Waals surface area contributed by atoms with Gasteiger partial charge in [0.05, 0.1) is 12.0 Å². The van der Waals surface area contributed by atoms with Gasteiger partial charge in [-0.3, -0.25) is 10.1 Å². The second kappa shape index (κ2) is 5.64.